The smallest absolute Gasteiger partial charge is 0.279 e. The molecule has 2 atom stereocenters. The first-order chi connectivity index (χ1) is 12.7. The van der Waals surface area contributed by atoms with Crippen LogP contribution in [-0.2, 0) is 9.59 Å². The van der Waals surface area contributed by atoms with Gasteiger partial charge >= 0.3 is 0 Å². The van der Waals surface area contributed by atoms with Crippen LogP contribution >= 0.6 is 23.2 Å². The van der Waals surface area contributed by atoms with E-state index in [1.807, 2.05) is 6.92 Å². The molecular formula is C19H21Cl2FN3O2+. The monoisotopic (exact) mass is 412 g/mol. The van der Waals surface area contributed by atoms with Crippen molar-refractivity contribution < 1.29 is 18.9 Å². The number of halogens is 3. The molecule has 2 rings (SSSR count). The van der Waals surface area contributed by atoms with Crippen molar-refractivity contribution in [1.29, 1.82) is 0 Å². The third-order valence-corrected chi connectivity index (χ3v) is 4.40. The first kappa shape index (κ1) is 21.2. The van der Waals surface area contributed by atoms with Gasteiger partial charge in [0.25, 0.3) is 11.8 Å². The molecule has 0 saturated carbocycles. The topological polar surface area (TPSA) is 62.6 Å². The van der Waals surface area contributed by atoms with E-state index in [0.717, 1.165) is 5.56 Å². The van der Waals surface area contributed by atoms with Crippen LogP contribution in [0.15, 0.2) is 42.5 Å². The van der Waals surface area contributed by atoms with Gasteiger partial charge < -0.3 is 15.5 Å². The van der Waals surface area contributed by atoms with Crippen molar-refractivity contribution in [1.82, 2.24) is 5.32 Å². The highest BCUT2D eigenvalue weighted by atomic mass is 35.5. The Bertz CT molecular complexity index is 832. The van der Waals surface area contributed by atoms with Crippen LogP contribution in [0.5, 0.6) is 0 Å². The van der Waals surface area contributed by atoms with Crippen molar-refractivity contribution in [3.63, 3.8) is 0 Å². The molecule has 0 aliphatic heterocycles. The number of rotatable bonds is 7. The Balaban J connectivity index is 1.83. The summed E-state index contributed by atoms with van der Waals surface area (Å²) in [6.45, 7) is 1.99. The second kappa shape index (κ2) is 9.69. The molecule has 0 bridgehead atoms. The van der Waals surface area contributed by atoms with Gasteiger partial charge in [-0.3, -0.25) is 9.59 Å². The van der Waals surface area contributed by atoms with E-state index in [2.05, 4.69) is 10.6 Å². The molecule has 5 nitrogen and oxygen atoms in total. The molecular weight excluding hydrogens is 392 g/mol. The quantitative estimate of drug-likeness (QED) is 0.653. The fourth-order valence-electron chi connectivity index (χ4n) is 2.61. The van der Waals surface area contributed by atoms with Crippen molar-refractivity contribution in [2.24, 2.45) is 0 Å². The molecule has 0 spiro atoms. The summed E-state index contributed by atoms with van der Waals surface area (Å²) < 4.78 is 13.1. The van der Waals surface area contributed by atoms with E-state index in [1.165, 1.54) is 18.2 Å². The van der Waals surface area contributed by atoms with Crippen LogP contribution in [0.4, 0.5) is 10.1 Å². The Morgan fingerprint density at radius 3 is 2.48 bits per heavy atom. The second-order valence-corrected chi connectivity index (χ2v) is 7.17. The molecule has 8 heteroatoms. The third-order valence-electron chi connectivity index (χ3n) is 3.84. The highest BCUT2D eigenvalue weighted by Gasteiger charge is 2.18. The van der Waals surface area contributed by atoms with Gasteiger partial charge in [0.15, 0.2) is 13.1 Å². The van der Waals surface area contributed by atoms with Crippen LogP contribution in [0.2, 0.25) is 10.0 Å². The van der Waals surface area contributed by atoms with Crippen LogP contribution in [0, 0.1) is 5.82 Å². The summed E-state index contributed by atoms with van der Waals surface area (Å²) in [6, 6.07) is 10.4. The Kier molecular flexibility index (Phi) is 7.59. The van der Waals surface area contributed by atoms with E-state index >= 15 is 0 Å². The zero-order valence-corrected chi connectivity index (χ0v) is 16.5. The van der Waals surface area contributed by atoms with Crippen molar-refractivity contribution in [3.05, 3.63) is 63.9 Å². The molecule has 0 aromatic heterocycles. The van der Waals surface area contributed by atoms with E-state index < -0.39 is 5.82 Å². The number of hydrogen-bond acceptors (Lipinski definition) is 2. The first-order valence-electron chi connectivity index (χ1n) is 8.35. The number of amides is 2. The van der Waals surface area contributed by atoms with Gasteiger partial charge in [-0.15, -0.1) is 0 Å². The van der Waals surface area contributed by atoms with Gasteiger partial charge in [-0.25, -0.2) is 4.39 Å². The Morgan fingerprint density at radius 2 is 1.81 bits per heavy atom. The van der Waals surface area contributed by atoms with Gasteiger partial charge in [0.2, 0.25) is 0 Å². The number of carbonyl (C=O) groups is 2. The zero-order chi connectivity index (χ0) is 20.0. The minimum absolute atomic E-state index is 0.0695. The van der Waals surface area contributed by atoms with Gasteiger partial charge in [0, 0.05) is 15.7 Å². The molecule has 0 fully saturated rings. The van der Waals surface area contributed by atoms with Gasteiger partial charge in [-0.1, -0.05) is 35.3 Å². The maximum Gasteiger partial charge on any atom is 0.279 e. The number of carbonyl (C=O) groups excluding carboxylic acids is 2. The molecule has 2 aromatic carbocycles. The van der Waals surface area contributed by atoms with Crippen LogP contribution in [0.1, 0.15) is 18.5 Å². The lowest BCUT2D eigenvalue weighted by atomic mass is 10.1. The summed E-state index contributed by atoms with van der Waals surface area (Å²) in [4.78, 5) is 24.9. The van der Waals surface area contributed by atoms with Crippen molar-refractivity contribution in [3.8, 4) is 0 Å². The molecule has 2 aromatic rings. The van der Waals surface area contributed by atoms with Gasteiger partial charge in [0.1, 0.15) is 5.82 Å². The summed E-state index contributed by atoms with van der Waals surface area (Å²) >= 11 is 12.0. The number of quaternary nitrogens is 1. The zero-order valence-electron chi connectivity index (χ0n) is 15.0. The molecule has 0 aliphatic carbocycles. The van der Waals surface area contributed by atoms with Crippen LogP contribution in [0.25, 0.3) is 0 Å². The molecule has 0 aliphatic rings. The Hall–Kier alpha value is -2.15. The Labute approximate surface area is 167 Å². The van der Waals surface area contributed by atoms with Gasteiger partial charge in [0.05, 0.1) is 13.1 Å². The largest absolute Gasteiger partial charge is 0.345 e. The molecule has 2 amide bonds. The van der Waals surface area contributed by atoms with Crippen LogP contribution in [0.3, 0.4) is 0 Å². The molecule has 1 unspecified atom stereocenters. The van der Waals surface area contributed by atoms with E-state index in [4.69, 9.17) is 23.2 Å². The number of anilines is 1. The average Bonchev–Trinajstić information content (AvgIpc) is 2.53. The molecule has 3 N–H and O–H groups in total. The summed E-state index contributed by atoms with van der Waals surface area (Å²) in [7, 11) is 1.73. The van der Waals surface area contributed by atoms with Crippen LogP contribution < -0.4 is 15.5 Å². The van der Waals surface area contributed by atoms with E-state index in [1.54, 1.807) is 31.3 Å². The molecule has 0 saturated heterocycles. The average molecular weight is 413 g/mol. The van der Waals surface area contributed by atoms with E-state index in [9.17, 15) is 14.0 Å². The van der Waals surface area contributed by atoms with Crippen LogP contribution in [-0.4, -0.2) is 32.0 Å². The lowest BCUT2D eigenvalue weighted by Gasteiger charge is -2.18. The highest BCUT2D eigenvalue weighted by Crippen LogP contribution is 2.25. The van der Waals surface area contributed by atoms with Gasteiger partial charge in [-0.05, 0) is 42.8 Å². The predicted octanol–water partition coefficient (Wildman–Crippen LogP) is 2.46. The second-order valence-electron chi connectivity index (χ2n) is 6.32. The first-order valence-corrected chi connectivity index (χ1v) is 9.11. The van der Waals surface area contributed by atoms with E-state index in [0.29, 0.717) is 20.6 Å². The maximum atomic E-state index is 13.1. The lowest BCUT2D eigenvalue weighted by molar-refractivity contribution is -0.862. The minimum atomic E-state index is -0.428. The normalized spacial score (nSPS) is 12.9. The SMILES string of the molecule is C[C@@H](NC(=O)C[NH+](C)CC(=O)Nc1cccc(F)c1)c1ccc(Cl)cc1Cl. The predicted molar refractivity (Wildman–Crippen MR) is 105 cm³/mol. The van der Waals surface area contributed by atoms with Gasteiger partial charge in [-0.2, -0.15) is 0 Å². The number of likely N-dealkylation sites (N-methyl/N-ethyl adjacent to an activating group) is 1. The summed E-state index contributed by atoms with van der Waals surface area (Å²) in [5.41, 5.74) is 1.14. The third kappa shape index (κ3) is 6.82. The molecule has 0 heterocycles. The summed E-state index contributed by atoms with van der Waals surface area (Å²) in [5, 5.41) is 6.46. The van der Waals surface area contributed by atoms with Crippen molar-refractivity contribution in [2.75, 3.05) is 25.5 Å². The summed E-state index contributed by atoms with van der Waals surface area (Å²) in [5.74, 6) is -0.952. The van der Waals surface area contributed by atoms with Crippen molar-refractivity contribution >= 4 is 40.7 Å². The fraction of sp³-hybridized carbons (Fsp3) is 0.263. The minimum Gasteiger partial charge on any atom is -0.345 e. The standard InChI is InChI=1S/C19H20Cl2FN3O2/c1-12(16-7-6-13(20)8-17(16)21)23-18(26)10-25(2)11-19(27)24-15-5-3-4-14(22)9-15/h3-9,12H,10-11H2,1-2H3,(H,23,26)(H,24,27)/p+1/t12-/m1/s1. The molecule has 0 radical (unpaired) electrons. The lowest BCUT2D eigenvalue weighted by Crippen LogP contribution is -3.11. The fourth-order valence-corrected chi connectivity index (χ4v) is 3.18. The number of benzene rings is 2. The Morgan fingerprint density at radius 1 is 1.11 bits per heavy atom. The number of hydrogen-bond donors (Lipinski definition) is 3. The molecule has 144 valence electrons. The van der Waals surface area contributed by atoms with E-state index in [-0.39, 0.29) is 30.9 Å². The number of nitrogens with one attached hydrogen (secondary N) is 3. The highest BCUT2D eigenvalue weighted by molar-refractivity contribution is 6.35. The molecule has 27 heavy (non-hydrogen) atoms. The van der Waals surface area contributed by atoms with Crippen molar-refractivity contribution in [2.45, 2.75) is 13.0 Å². The maximum absolute atomic E-state index is 13.1. The summed E-state index contributed by atoms with van der Waals surface area (Å²) in [6.07, 6.45) is 0.